The van der Waals surface area contributed by atoms with Gasteiger partial charge in [-0.15, -0.1) is 0 Å². The summed E-state index contributed by atoms with van der Waals surface area (Å²) in [6, 6.07) is -0.631. The topological polar surface area (TPSA) is 69.6 Å². The zero-order valence-corrected chi connectivity index (χ0v) is 25.4. The Morgan fingerprint density at radius 1 is 0.605 bits per heavy atom. The van der Waals surface area contributed by atoms with Gasteiger partial charge < -0.3 is 15.5 Å². The van der Waals surface area contributed by atoms with Crippen LogP contribution in [0.15, 0.2) is 24.3 Å². The molecule has 3 N–H and O–H groups in total. The zero-order chi connectivity index (χ0) is 27.9. The molecule has 224 valence electrons. The van der Waals surface area contributed by atoms with E-state index in [9.17, 15) is 15.0 Å². The summed E-state index contributed by atoms with van der Waals surface area (Å²) in [5.41, 5.74) is 0. The van der Waals surface area contributed by atoms with Crippen molar-refractivity contribution in [1.82, 2.24) is 5.32 Å². The number of rotatable bonds is 29. The minimum Gasteiger partial charge on any atom is -0.394 e. The maximum absolute atomic E-state index is 12.2. The molecule has 38 heavy (non-hydrogen) atoms. The number of hydrogen-bond donors (Lipinski definition) is 3. The predicted molar refractivity (Wildman–Crippen MR) is 165 cm³/mol. The van der Waals surface area contributed by atoms with Crippen molar-refractivity contribution in [2.24, 2.45) is 0 Å². The van der Waals surface area contributed by atoms with Gasteiger partial charge in [-0.1, -0.05) is 154 Å². The number of hydrogen-bond acceptors (Lipinski definition) is 3. The van der Waals surface area contributed by atoms with Crippen LogP contribution in [-0.4, -0.2) is 34.9 Å². The number of amides is 1. The summed E-state index contributed by atoms with van der Waals surface area (Å²) in [6.45, 7) is 4.25. The third kappa shape index (κ3) is 26.5. The lowest BCUT2D eigenvalue weighted by Gasteiger charge is -2.19. The van der Waals surface area contributed by atoms with E-state index in [1.54, 1.807) is 6.08 Å². The first-order chi connectivity index (χ1) is 18.7. The smallest absolute Gasteiger partial charge is 0.220 e. The molecule has 0 aromatic carbocycles. The van der Waals surface area contributed by atoms with E-state index in [0.717, 1.165) is 32.1 Å². The lowest BCUT2D eigenvalue weighted by atomic mass is 10.0. The molecule has 0 aliphatic rings. The van der Waals surface area contributed by atoms with Gasteiger partial charge in [0.05, 0.1) is 18.8 Å². The monoisotopic (exact) mass is 535 g/mol. The van der Waals surface area contributed by atoms with Crippen LogP contribution in [-0.2, 0) is 4.79 Å². The van der Waals surface area contributed by atoms with Gasteiger partial charge >= 0.3 is 0 Å². The summed E-state index contributed by atoms with van der Waals surface area (Å²) < 4.78 is 0. The van der Waals surface area contributed by atoms with E-state index >= 15 is 0 Å². The highest BCUT2D eigenvalue weighted by Crippen LogP contribution is 2.14. The van der Waals surface area contributed by atoms with E-state index in [1.165, 1.54) is 116 Å². The number of allylic oxidation sites excluding steroid dienone is 3. The molecule has 2 atom stereocenters. The van der Waals surface area contributed by atoms with Crippen molar-refractivity contribution >= 4 is 5.91 Å². The average molecular weight is 536 g/mol. The summed E-state index contributed by atoms with van der Waals surface area (Å²) in [6.07, 6.45) is 36.8. The van der Waals surface area contributed by atoms with Gasteiger partial charge in [-0.05, 0) is 32.1 Å². The summed E-state index contributed by atoms with van der Waals surface area (Å²) in [4.78, 5) is 12.2. The maximum atomic E-state index is 12.2. The number of nitrogens with one attached hydrogen (secondary N) is 1. The van der Waals surface area contributed by atoms with Crippen molar-refractivity contribution in [2.75, 3.05) is 6.61 Å². The van der Waals surface area contributed by atoms with Gasteiger partial charge in [0.15, 0.2) is 0 Å². The minimum absolute atomic E-state index is 0.0760. The average Bonchev–Trinajstić information content (AvgIpc) is 2.92. The fraction of sp³-hybridized carbons (Fsp3) is 0.853. The normalized spacial score (nSPS) is 13.5. The standard InChI is InChI=1S/C34H65NO3/c1-3-5-7-9-11-13-15-16-17-18-19-20-22-24-26-28-30-34(38)35-32(31-36)33(37)29-27-25-23-21-14-12-10-8-6-4-2/h14,21,27,29,32-33,36-37H,3-13,15-20,22-26,28,30-31H2,1-2H3,(H,35,38)/b21-14+,29-27+/t32-,33+/m0/s1. The van der Waals surface area contributed by atoms with Crippen LogP contribution in [0.25, 0.3) is 0 Å². The van der Waals surface area contributed by atoms with Gasteiger partial charge in [-0.25, -0.2) is 0 Å². The molecule has 0 aromatic rings. The Balaban J connectivity index is 3.64. The van der Waals surface area contributed by atoms with Gasteiger partial charge in [0.1, 0.15) is 0 Å². The molecule has 0 spiro atoms. The molecule has 0 rings (SSSR count). The second-order valence-corrected chi connectivity index (χ2v) is 11.2. The molecule has 0 bridgehead atoms. The highest BCUT2D eigenvalue weighted by atomic mass is 16.3. The molecule has 0 heterocycles. The highest BCUT2D eigenvalue weighted by Gasteiger charge is 2.17. The van der Waals surface area contributed by atoms with Crippen LogP contribution in [0.4, 0.5) is 0 Å². The Bertz CT molecular complexity index is 546. The first-order valence-electron chi connectivity index (χ1n) is 16.6. The van der Waals surface area contributed by atoms with Crippen molar-refractivity contribution in [3.63, 3.8) is 0 Å². The molecular formula is C34H65NO3. The number of carbonyl (C=O) groups is 1. The molecule has 0 radical (unpaired) electrons. The van der Waals surface area contributed by atoms with E-state index in [2.05, 4.69) is 31.3 Å². The molecule has 1 amide bonds. The first-order valence-corrected chi connectivity index (χ1v) is 16.6. The number of carbonyl (C=O) groups excluding carboxylic acids is 1. The van der Waals surface area contributed by atoms with Crippen LogP contribution < -0.4 is 5.32 Å². The summed E-state index contributed by atoms with van der Waals surface area (Å²) in [5.74, 6) is -0.0760. The zero-order valence-electron chi connectivity index (χ0n) is 25.4. The third-order valence-corrected chi connectivity index (χ3v) is 7.44. The van der Waals surface area contributed by atoms with Crippen molar-refractivity contribution in [3.8, 4) is 0 Å². The maximum Gasteiger partial charge on any atom is 0.220 e. The molecule has 0 saturated carbocycles. The Morgan fingerprint density at radius 3 is 1.53 bits per heavy atom. The Hall–Kier alpha value is -1.13. The second-order valence-electron chi connectivity index (χ2n) is 11.2. The van der Waals surface area contributed by atoms with Crippen molar-refractivity contribution in [2.45, 2.75) is 180 Å². The van der Waals surface area contributed by atoms with E-state index in [1.807, 2.05) is 6.08 Å². The fourth-order valence-corrected chi connectivity index (χ4v) is 4.84. The predicted octanol–water partition coefficient (Wildman–Crippen LogP) is 9.34. The number of unbranched alkanes of at least 4 members (excludes halogenated alkanes) is 20. The lowest BCUT2D eigenvalue weighted by Crippen LogP contribution is -2.45. The van der Waals surface area contributed by atoms with E-state index in [0.29, 0.717) is 6.42 Å². The van der Waals surface area contributed by atoms with Gasteiger partial charge in [-0.3, -0.25) is 4.79 Å². The van der Waals surface area contributed by atoms with Crippen LogP contribution in [0.3, 0.4) is 0 Å². The number of aliphatic hydroxyl groups is 2. The van der Waals surface area contributed by atoms with Crippen LogP contribution in [0, 0.1) is 0 Å². The highest BCUT2D eigenvalue weighted by molar-refractivity contribution is 5.76. The molecule has 0 unspecified atom stereocenters. The Kier molecular flexibility index (Phi) is 29.5. The summed E-state index contributed by atoms with van der Waals surface area (Å²) >= 11 is 0. The van der Waals surface area contributed by atoms with Gasteiger partial charge in [0.2, 0.25) is 5.91 Å². The summed E-state index contributed by atoms with van der Waals surface area (Å²) in [7, 11) is 0. The van der Waals surface area contributed by atoms with Gasteiger partial charge in [0.25, 0.3) is 0 Å². The van der Waals surface area contributed by atoms with Crippen LogP contribution >= 0.6 is 0 Å². The SMILES string of the molecule is CCCCCC/C=C/CC/C=C/[C@@H](O)[C@H](CO)NC(=O)CCCCCCCCCCCCCCCCCC. The quantitative estimate of drug-likeness (QED) is 0.0660. The molecular weight excluding hydrogens is 470 g/mol. The van der Waals surface area contributed by atoms with E-state index in [4.69, 9.17) is 0 Å². The molecule has 4 heteroatoms. The molecule has 0 saturated heterocycles. The lowest BCUT2D eigenvalue weighted by molar-refractivity contribution is -0.123. The van der Waals surface area contributed by atoms with Gasteiger partial charge in [-0.2, -0.15) is 0 Å². The van der Waals surface area contributed by atoms with Crippen LogP contribution in [0.5, 0.6) is 0 Å². The number of aliphatic hydroxyl groups excluding tert-OH is 2. The van der Waals surface area contributed by atoms with E-state index in [-0.39, 0.29) is 12.5 Å². The minimum atomic E-state index is -0.854. The molecule has 0 aliphatic carbocycles. The Morgan fingerprint density at radius 2 is 1.03 bits per heavy atom. The Labute approximate surface area is 237 Å². The molecule has 0 aromatic heterocycles. The van der Waals surface area contributed by atoms with Gasteiger partial charge in [0, 0.05) is 6.42 Å². The van der Waals surface area contributed by atoms with Crippen molar-refractivity contribution in [3.05, 3.63) is 24.3 Å². The van der Waals surface area contributed by atoms with E-state index < -0.39 is 12.1 Å². The third-order valence-electron chi connectivity index (χ3n) is 7.44. The first kappa shape index (κ1) is 36.9. The van der Waals surface area contributed by atoms with Crippen LogP contribution in [0.1, 0.15) is 168 Å². The largest absolute Gasteiger partial charge is 0.394 e. The molecule has 0 fully saturated rings. The molecule has 4 nitrogen and oxygen atoms in total. The fourth-order valence-electron chi connectivity index (χ4n) is 4.84. The summed E-state index contributed by atoms with van der Waals surface area (Å²) in [5, 5.41) is 22.7. The second kappa shape index (κ2) is 30.4. The van der Waals surface area contributed by atoms with Crippen molar-refractivity contribution < 1.29 is 15.0 Å². The van der Waals surface area contributed by atoms with Crippen LogP contribution in [0.2, 0.25) is 0 Å². The van der Waals surface area contributed by atoms with Crippen molar-refractivity contribution in [1.29, 1.82) is 0 Å². The molecule has 0 aliphatic heterocycles.